The molecule has 0 unspecified atom stereocenters. The molecule has 4 rings (SSSR count). The minimum absolute atomic E-state index is 0.0512. The number of aryl methyl sites for hydroxylation is 2. The lowest BCUT2D eigenvalue weighted by atomic mass is 9.99. The van der Waals surface area contributed by atoms with Gasteiger partial charge < -0.3 is 4.74 Å². The number of nitrogens with zero attached hydrogens (tertiary/aromatic N) is 2. The molecule has 0 aliphatic carbocycles. The molecule has 0 bridgehead atoms. The Morgan fingerprint density at radius 3 is 1.97 bits per heavy atom. The van der Waals surface area contributed by atoms with Crippen LogP contribution in [0.1, 0.15) is 47.7 Å². The van der Waals surface area contributed by atoms with E-state index in [0.29, 0.717) is 12.1 Å². The fraction of sp³-hybridized carbons (Fsp3) is 0.207. The van der Waals surface area contributed by atoms with Gasteiger partial charge in [-0.25, -0.2) is 36.7 Å². The average molecular weight is 527 g/mol. The highest BCUT2D eigenvalue weighted by Crippen LogP contribution is 2.32. The summed E-state index contributed by atoms with van der Waals surface area (Å²) < 4.78 is 78.1. The molecule has 0 spiro atoms. The van der Waals surface area contributed by atoms with Crippen molar-refractivity contribution in [3.8, 4) is 28.3 Å². The zero-order chi connectivity index (χ0) is 27.4. The van der Waals surface area contributed by atoms with Crippen LogP contribution in [0.4, 0.5) is 22.0 Å². The van der Waals surface area contributed by atoms with E-state index in [1.807, 2.05) is 0 Å². The summed E-state index contributed by atoms with van der Waals surface area (Å²) >= 11 is 0. The molecule has 0 N–H and O–H groups in total. The molecule has 4 nitrogen and oxygen atoms in total. The number of hydrogen-bond donors (Lipinski definition) is 0. The maximum absolute atomic E-state index is 15.0. The van der Waals surface area contributed by atoms with Gasteiger partial charge in [0.05, 0.1) is 5.56 Å². The van der Waals surface area contributed by atoms with Crippen LogP contribution in [0.15, 0.2) is 54.9 Å². The molecule has 0 saturated heterocycles. The molecule has 0 aliphatic rings. The molecular weight excluding hydrogens is 503 g/mol. The van der Waals surface area contributed by atoms with Crippen molar-refractivity contribution in [3.05, 3.63) is 101 Å². The maximum atomic E-state index is 15.0. The highest BCUT2D eigenvalue weighted by Gasteiger charge is 2.24. The van der Waals surface area contributed by atoms with Crippen LogP contribution in [0.25, 0.3) is 22.5 Å². The molecule has 0 radical (unpaired) electrons. The maximum Gasteiger partial charge on any atom is 0.349 e. The highest BCUT2D eigenvalue weighted by molar-refractivity contribution is 5.92. The van der Waals surface area contributed by atoms with Gasteiger partial charge in [-0.3, -0.25) is 0 Å². The molecule has 0 atom stereocenters. The van der Waals surface area contributed by atoms with Gasteiger partial charge in [0.25, 0.3) is 0 Å². The van der Waals surface area contributed by atoms with Crippen molar-refractivity contribution in [3.63, 3.8) is 0 Å². The minimum atomic E-state index is -1.43. The van der Waals surface area contributed by atoms with Gasteiger partial charge in [-0.05, 0) is 66.8 Å². The summed E-state index contributed by atoms with van der Waals surface area (Å²) in [5, 5.41) is 0. The summed E-state index contributed by atoms with van der Waals surface area (Å²) in [6, 6.07) is 6.67. The summed E-state index contributed by atoms with van der Waals surface area (Å²) in [6.07, 6.45) is 7.09. The Labute approximate surface area is 216 Å². The van der Waals surface area contributed by atoms with E-state index in [1.54, 1.807) is 12.4 Å². The quantitative estimate of drug-likeness (QED) is 0.102. The van der Waals surface area contributed by atoms with Crippen LogP contribution >= 0.6 is 0 Å². The van der Waals surface area contributed by atoms with Crippen LogP contribution in [0, 0.1) is 36.0 Å². The van der Waals surface area contributed by atoms with Gasteiger partial charge >= 0.3 is 5.97 Å². The molecule has 4 aromatic rings. The minimum Gasteiger partial charge on any atom is -0.423 e. The second kappa shape index (κ2) is 11.5. The van der Waals surface area contributed by atoms with Gasteiger partial charge in [-0.1, -0.05) is 25.8 Å². The molecule has 1 aromatic heterocycles. The predicted octanol–water partition coefficient (Wildman–Crippen LogP) is 7.77. The Morgan fingerprint density at radius 1 is 0.789 bits per heavy atom. The van der Waals surface area contributed by atoms with E-state index in [2.05, 4.69) is 16.9 Å². The van der Waals surface area contributed by atoms with Crippen LogP contribution in [-0.2, 0) is 6.42 Å². The largest absolute Gasteiger partial charge is 0.423 e. The standard InChI is InChI=1S/C29H23F5N2O2/c1-3-4-5-6-17-14-35-28(36-15-17)19-11-22(31)26(23(32)12-19)18-9-24(33)27(25(34)10-18)29(37)38-20-8-7-16(2)21(30)13-20/h7-15H,3-6H2,1-2H3. The van der Waals surface area contributed by atoms with E-state index in [9.17, 15) is 26.7 Å². The van der Waals surface area contributed by atoms with Crippen molar-refractivity contribution < 1.29 is 31.5 Å². The molecule has 0 amide bonds. The lowest BCUT2D eigenvalue weighted by Crippen LogP contribution is -2.14. The fourth-order valence-electron chi connectivity index (χ4n) is 3.90. The Bertz CT molecular complexity index is 1440. The van der Waals surface area contributed by atoms with Crippen molar-refractivity contribution in [2.45, 2.75) is 39.5 Å². The van der Waals surface area contributed by atoms with Gasteiger partial charge in [-0.2, -0.15) is 0 Å². The van der Waals surface area contributed by atoms with E-state index in [4.69, 9.17) is 4.74 Å². The first-order chi connectivity index (χ1) is 18.2. The Morgan fingerprint density at radius 2 is 1.39 bits per heavy atom. The first kappa shape index (κ1) is 26.9. The van der Waals surface area contributed by atoms with E-state index < -0.39 is 51.7 Å². The van der Waals surface area contributed by atoms with Gasteiger partial charge in [0, 0.05) is 24.0 Å². The van der Waals surface area contributed by atoms with Crippen LogP contribution < -0.4 is 4.74 Å². The third kappa shape index (κ3) is 5.88. The summed E-state index contributed by atoms with van der Waals surface area (Å²) in [4.78, 5) is 20.7. The number of ether oxygens (including phenoxy) is 1. The van der Waals surface area contributed by atoms with Gasteiger partial charge in [0.15, 0.2) is 5.82 Å². The Balaban J connectivity index is 1.59. The van der Waals surface area contributed by atoms with Crippen molar-refractivity contribution in [2.24, 2.45) is 0 Å². The number of carbonyl (C=O) groups excluding carboxylic acids is 1. The second-order valence-electron chi connectivity index (χ2n) is 8.80. The predicted molar refractivity (Wildman–Crippen MR) is 132 cm³/mol. The molecule has 0 fully saturated rings. The van der Waals surface area contributed by atoms with Crippen LogP contribution in [-0.4, -0.2) is 15.9 Å². The molecule has 9 heteroatoms. The van der Waals surface area contributed by atoms with Crippen molar-refractivity contribution in [2.75, 3.05) is 0 Å². The third-order valence-corrected chi connectivity index (χ3v) is 5.96. The number of benzene rings is 3. The zero-order valence-corrected chi connectivity index (χ0v) is 20.6. The SMILES string of the molecule is CCCCCc1cnc(-c2cc(F)c(-c3cc(F)c(C(=O)Oc4ccc(C)c(F)c4)c(F)c3)c(F)c2)nc1. The fourth-order valence-corrected chi connectivity index (χ4v) is 3.90. The Kier molecular flexibility index (Phi) is 8.14. The average Bonchev–Trinajstić information content (AvgIpc) is 2.86. The molecule has 3 aromatic carbocycles. The van der Waals surface area contributed by atoms with E-state index in [0.717, 1.165) is 49.4 Å². The van der Waals surface area contributed by atoms with Gasteiger partial charge in [-0.15, -0.1) is 0 Å². The van der Waals surface area contributed by atoms with E-state index in [-0.39, 0.29) is 22.7 Å². The van der Waals surface area contributed by atoms with E-state index >= 15 is 0 Å². The van der Waals surface area contributed by atoms with Crippen molar-refractivity contribution >= 4 is 5.97 Å². The lowest BCUT2D eigenvalue weighted by Gasteiger charge is -2.11. The lowest BCUT2D eigenvalue weighted by molar-refractivity contribution is 0.0724. The number of unbranched alkanes of at least 4 members (excludes halogenated alkanes) is 2. The van der Waals surface area contributed by atoms with Crippen LogP contribution in [0.3, 0.4) is 0 Å². The first-order valence-corrected chi connectivity index (χ1v) is 12.0. The number of rotatable bonds is 8. The van der Waals surface area contributed by atoms with Crippen LogP contribution in [0.5, 0.6) is 5.75 Å². The summed E-state index contributed by atoms with van der Waals surface area (Å²) in [5.74, 6) is -7.26. The van der Waals surface area contributed by atoms with Gasteiger partial charge in [0.1, 0.15) is 40.4 Å². The molecule has 196 valence electrons. The molecule has 38 heavy (non-hydrogen) atoms. The monoisotopic (exact) mass is 526 g/mol. The smallest absolute Gasteiger partial charge is 0.349 e. The second-order valence-corrected chi connectivity index (χ2v) is 8.80. The number of aromatic nitrogens is 2. The first-order valence-electron chi connectivity index (χ1n) is 12.0. The van der Waals surface area contributed by atoms with Crippen molar-refractivity contribution in [1.82, 2.24) is 9.97 Å². The van der Waals surface area contributed by atoms with E-state index in [1.165, 1.54) is 19.1 Å². The molecular formula is C29H23F5N2O2. The zero-order valence-electron chi connectivity index (χ0n) is 20.6. The summed E-state index contributed by atoms with van der Waals surface area (Å²) in [7, 11) is 0. The number of carbonyl (C=O) groups is 1. The Hall–Kier alpha value is -4.14. The van der Waals surface area contributed by atoms with Gasteiger partial charge in [0.2, 0.25) is 0 Å². The molecule has 0 saturated carbocycles. The molecule has 0 aliphatic heterocycles. The number of halogens is 5. The summed E-state index contributed by atoms with van der Waals surface area (Å²) in [6.45, 7) is 3.58. The number of esters is 1. The van der Waals surface area contributed by atoms with Crippen LogP contribution in [0.2, 0.25) is 0 Å². The normalized spacial score (nSPS) is 11.0. The highest BCUT2D eigenvalue weighted by atomic mass is 19.1. The third-order valence-electron chi connectivity index (χ3n) is 5.96. The van der Waals surface area contributed by atoms with Crippen molar-refractivity contribution in [1.29, 1.82) is 0 Å². The topological polar surface area (TPSA) is 52.1 Å². The summed E-state index contributed by atoms with van der Waals surface area (Å²) in [5.41, 5.74) is -1.01. The number of hydrogen-bond acceptors (Lipinski definition) is 4. The molecule has 1 heterocycles.